The van der Waals surface area contributed by atoms with Crippen molar-refractivity contribution in [2.45, 2.75) is 19.4 Å². The summed E-state index contributed by atoms with van der Waals surface area (Å²) in [5, 5.41) is 0. The third-order valence-corrected chi connectivity index (χ3v) is 2.44. The summed E-state index contributed by atoms with van der Waals surface area (Å²) in [6.07, 6.45) is 0.953. The van der Waals surface area contributed by atoms with Crippen molar-refractivity contribution in [2.24, 2.45) is 5.73 Å². The number of hydrogen-bond donors (Lipinski definition) is 1. The summed E-state index contributed by atoms with van der Waals surface area (Å²) >= 11 is 0. The number of Topliss-reactive ketones (excluding diaryl/α,β-unsaturated/α-hetero) is 1. The molecule has 0 spiro atoms. The van der Waals surface area contributed by atoms with Crippen LogP contribution in [0.2, 0.25) is 0 Å². The Morgan fingerprint density at radius 3 is 2.06 bits per heavy atom. The first-order valence-corrected chi connectivity index (χ1v) is 6.74. The van der Waals surface area contributed by atoms with E-state index in [0.717, 1.165) is 6.26 Å². The van der Waals surface area contributed by atoms with Crippen LogP contribution in [-0.2, 0) is 10.1 Å². The summed E-state index contributed by atoms with van der Waals surface area (Å²) in [6, 6.07) is 5.80. The van der Waals surface area contributed by atoms with Gasteiger partial charge in [-0.3, -0.25) is 4.79 Å². The van der Waals surface area contributed by atoms with Crippen molar-refractivity contribution in [3.8, 4) is 5.75 Å². The molecule has 0 saturated carbocycles. The van der Waals surface area contributed by atoms with E-state index >= 15 is 0 Å². The second-order valence-corrected chi connectivity index (χ2v) is 5.94. The number of benzene rings is 1. The number of carbonyl (C=O) groups excluding carboxylic acids is 1. The molecule has 0 unspecified atom stereocenters. The molecule has 0 atom stereocenters. The first kappa shape index (κ1) is 13.7. The highest BCUT2D eigenvalue weighted by atomic mass is 32.2. The largest absolute Gasteiger partial charge is 0.383 e. The van der Waals surface area contributed by atoms with Crippen molar-refractivity contribution in [3.05, 3.63) is 29.8 Å². The van der Waals surface area contributed by atoms with E-state index in [4.69, 9.17) is 5.73 Å². The SMILES string of the molecule is CC(C)(N)C(=O)c1ccc(OS(C)(=O)=O)cc1. The molecule has 1 aromatic rings. The number of hydrogen-bond acceptors (Lipinski definition) is 5. The molecule has 0 saturated heterocycles. The standard InChI is InChI=1S/C11H15NO4S/c1-11(2,12)10(13)8-4-6-9(7-5-8)16-17(3,14)15/h4-7H,12H2,1-3H3. The van der Waals surface area contributed by atoms with Gasteiger partial charge in [0.05, 0.1) is 11.8 Å². The molecule has 0 radical (unpaired) electrons. The lowest BCUT2D eigenvalue weighted by Gasteiger charge is -2.16. The van der Waals surface area contributed by atoms with E-state index < -0.39 is 15.7 Å². The van der Waals surface area contributed by atoms with Crippen LogP contribution in [-0.4, -0.2) is 26.0 Å². The monoisotopic (exact) mass is 257 g/mol. The van der Waals surface area contributed by atoms with Crippen LogP contribution in [0.1, 0.15) is 24.2 Å². The zero-order valence-corrected chi connectivity index (χ0v) is 10.7. The minimum absolute atomic E-state index is 0.166. The first-order valence-electron chi connectivity index (χ1n) is 4.93. The number of ketones is 1. The Labute approximate surface area is 101 Å². The molecule has 0 heterocycles. The summed E-state index contributed by atoms with van der Waals surface area (Å²) < 4.78 is 26.4. The van der Waals surface area contributed by atoms with Gasteiger partial charge >= 0.3 is 10.1 Å². The van der Waals surface area contributed by atoms with Gasteiger partial charge in [0.2, 0.25) is 0 Å². The molecule has 0 amide bonds. The zero-order chi connectivity index (χ0) is 13.3. The van der Waals surface area contributed by atoms with Crippen molar-refractivity contribution >= 4 is 15.9 Å². The van der Waals surface area contributed by atoms with Crippen molar-refractivity contribution in [2.75, 3.05) is 6.26 Å². The van der Waals surface area contributed by atoms with Gasteiger partial charge in [-0.1, -0.05) is 0 Å². The molecule has 5 nitrogen and oxygen atoms in total. The number of rotatable bonds is 4. The Bertz CT molecular complexity index is 511. The van der Waals surface area contributed by atoms with E-state index in [1.54, 1.807) is 13.8 Å². The van der Waals surface area contributed by atoms with Crippen LogP contribution >= 0.6 is 0 Å². The van der Waals surface area contributed by atoms with E-state index in [1.165, 1.54) is 24.3 Å². The van der Waals surface area contributed by atoms with Crippen LogP contribution in [0.5, 0.6) is 5.75 Å². The van der Waals surface area contributed by atoms with E-state index in [-0.39, 0.29) is 11.5 Å². The maximum absolute atomic E-state index is 11.8. The molecule has 1 aromatic carbocycles. The zero-order valence-electron chi connectivity index (χ0n) is 9.93. The summed E-state index contributed by atoms with van der Waals surface area (Å²) in [5.41, 5.74) is 5.13. The fraction of sp³-hybridized carbons (Fsp3) is 0.364. The van der Waals surface area contributed by atoms with Gasteiger partial charge in [0.25, 0.3) is 0 Å². The molecule has 1 rings (SSSR count). The maximum atomic E-state index is 11.8. The van der Waals surface area contributed by atoms with Gasteiger partial charge in [-0.2, -0.15) is 8.42 Å². The molecule has 6 heteroatoms. The van der Waals surface area contributed by atoms with Crippen molar-refractivity contribution in [1.82, 2.24) is 0 Å². The lowest BCUT2D eigenvalue weighted by Crippen LogP contribution is -2.41. The molecule has 0 bridgehead atoms. The Hall–Kier alpha value is -1.40. The highest BCUT2D eigenvalue weighted by Crippen LogP contribution is 2.17. The third kappa shape index (κ3) is 4.16. The van der Waals surface area contributed by atoms with Gasteiger partial charge in [0, 0.05) is 5.56 Å². The van der Waals surface area contributed by atoms with Crippen molar-refractivity contribution in [3.63, 3.8) is 0 Å². The third-order valence-electron chi connectivity index (χ3n) is 1.95. The van der Waals surface area contributed by atoms with Crippen LogP contribution in [0, 0.1) is 0 Å². The summed E-state index contributed by atoms with van der Waals surface area (Å²) in [4.78, 5) is 11.8. The summed E-state index contributed by atoms with van der Waals surface area (Å²) in [5.74, 6) is -0.0534. The highest BCUT2D eigenvalue weighted by molar-refractivity contribution is 7.86. The van der Waals surface area contributed by atoms with Crippen LogP contribution in [0.3, 0.4) is 0 Å². The minimum atomic E-state index is -3.55. The molecular weight excluding hydrogens is 242 g/mol. The van der Waals surface area contributed by atoms with Crippen molar-refractivity contribution in [1.29, 1.82) is 0 Å². The number of nitrogens with two attached hydrogens (primary N) is 1. The Kier molecular flexibility index (Phi) is 3.59. The Balaban J connectivity index is 2.93. The quantitative estimate of drug-likeness (QED) is 0.641. The number of carbonyl (C=O) groups is 1. The first-order chi connectivity index (χ1) is 7.59. The van der Waals surface area contributed by atoms with Gasteiger partial charge in [0.1, 0.15) is 5.75 Å². The summed E-state index contributed by atoms with van der Waals surface area (Å²) in [7, 11) is -3.55. The Morgan fingerprint density at radius 1 is 1.24 bits per heavy atom. The molecule has 94 valence electrons. The van der Waals surface area contributed by atoms with Gasteiger partial charge in [-0.25, -0.2) is 0 Å². The van der Waals surface area contributed by atoms with Crippen molar-refractivity contribution < 1.29 is 17.4 Å². The van der Waals surface area contributed by atoms with Gasteiger partial charge in [-0.15, -0.1) is 0 Å². The van der Waals surface area contributed by atoms with Crippen LogP contribution < -0.4 is 9.92 Å². The van der Waals surface area contributed by atoms with Gasteiger partial charge < -0.3 is 9.92 Å². The Morgan fingerprint density at radius 2 is 1.71 bits per heavy atom. The van der Waals surface area contributed by atoms with Crippen LogP contribution in [0.25, 0.3) is 0 Å². The lowest BCUT2D eigenvalue weighted by molar-refractivity contribution is 0.0913. The second kappa shape index (κ2) is 4.46. The smallest absolute Gasteiger partial charge is 0.306 e. The molecule has 0 fully saturated rings. The predicted octanol–water partition coefficient (Wildman–Crippen LogP) is 0.945. The highest BCUT2D eigenvalue weighted by Gasteiger charge is 2.23. The minimum Gasteiger partial charge on any atom is -0.383 e. The van der Waals surface area contributed by atoms with Gasteiger partial charge in [-0.05, 0) is 38.1 Å². The second-order valence-electron chi connectivity index (χ2n) is 4.36. The van der Waals surface area contributed by atoms with Gasteiger partial charge in [0.15, 0.2) is 5.78 Å². The normalized spacial score (nSPS) is 12.2. The maximum Gasteiger partial charge on any atom is 0.306 e. The molecule has 17 heavy (non-hydrogen) atoms. The lowest BCUT2D eigenvalue weighted by atomic mass is 9.94. The molecular formula is C11H15NO4S. The molecule has 2 N–H and O–H groups in total. The topological polar surface area (TPSA) is 86.5 Å². The fourth-order valence-corrected chi connectivity index (χ4v) is 1.67. The van der Waals surface area contributed by atoms with Crippen LogP contribution in [0.4, 0.5) is 0 Å². The summed E-state index contributed by atoms with van der Waals surface area (Å²) in [6.45, 7) is 3.21. The van der Waals surface area contributed by atoms with Crippen LogP contribution in [0.15, 0.2) is 24.3 Å². The fourth-order valence-electron chi connectivity index (χ4n) is 1.21. The molecule has 0 aliphatic carbocycles. The van der Waals surface area contributed by atoms with E-state index in [1.807, 2.05) is 0 Å². The average molecular weight is 257 g/mol. The van der Waals surface area contributed by atoms with E-state index in [9.17, 15) is 13.2 Å². The average Bonchev–Trinajstić information content (AvgIpc) is 2.14. The van der Waals surface area contributed by atoms with E-state index in [2.05, 4.69) is 4.18 Å². The molecule has 0 aromatic heterocycles. The predicted molar refractivity (Wildman–Crippen MR) is 64.5 cm³/mol. The van der Waals surface area contributed by atoms with E-state index in [0.29, 0.717) is 5.56 Å². The molecule has 0 aliphatic rings. The molecule has 0 aliphatic heterocycles.